The van der Waals surface area contributed by atoms with Crippen LogP contribution in [0, 0.1) is 18.3 Å². The minimum atomic E-state index is -0.396. The maximum absolute atomic E-state index is 12.2. The summed E-state index contributed by atoms with van der Waals surface area (Å²) in [5, 5.41) is 12.1. The highest BCUT2D eigenvalue weighted by Crippen LogP contribution is 2.17. The van der Waals surface area contributed by atoms with Crippen LogP contribution in [0.1, 0.15) is 18.1 Å². The molecule has 2 aromatic rings. The van der Waals surface area contributed by atoms with E-state index < -0.39 is 5.91 Å². The van der Waals surface area contributed by atoms with Crippen molar-refractivity contribution in [2.75, 3.05) is 11.4 Å². The molecular weight excluding hydrogens is 300 g/mol. The summed E-state index contributed by atoms with van der Waals surface area (Å²) in [6, 6.07) is 13.6. The number of nitrogens with zero attached hydrogens (tertiary/aromatic N) is 3. The van der Waals surface area contributed by atoms with Gasteiger partial charge < -0.3 is 10.2 Å². The Labute approximate surface area is 142 Å². The fourth-order valence-corrected chi connectivity index (χ4v) is 2.23. The highest BCUT2D eigenvalue weighted by atomic mass is 16.1. The Bertz CT molecular complexity index is 762. The van der Waals surface area contributed by atoms with Crippen LogP contribution < -0.4 is 10.2 Å². The summed E-state index contributed by atoms with van der Waals surface area (Å²) in [6.07, 6.45) is 4.95. The van der Waals surface area contributed by atoms with Gasteiger partial charge in [-0.2, -0.15) is 5.26 Å². The summed E-state index contributed by atoms with van der Waals surface area (Å²) in [5.41, 5.74) is 3.03. The molecule has 1 N–H and O–H groups in total. The lowest BCUT2D eigenvalue weighted by atomic mass is 10.2. The van der Waals surface area contributed by atoms with Gasteiger partial charge in [-0.1, -0.05) is 18.2 Å². The van der Waals surface area contributed by atoms with E-state index in [1.54, 1.807) is 24.7 Å². The van der Waals surface area contributed by atoms with Gasteiger partial charge in [-0.25, -0.2) is 0 Å². The first-order valence-corrected chi connectivity index (χ1v) is 7.76. The molecule has 0 saturated heterocycles. The molecule has 0 aliphatic rings. The minimum absolute atomic E-state index is 0.0715. The molecule has 1 aromatic carbocycles. The monoisotopic (exact) mass is 320 g/mol. The number of carbonyl (C=O) groups is 1. The molecule has 1 amide bonds. The third-order valence-corrected chi connectivity index (χ3v) is 3.50. The Morgan fingerprint density at radius 2 is 2.21 bits per heavy atom. The smallest absolute Gasteiger partial charge is 0.263 e. The van der Waals surface area contributed by atoms with Crippen molar-refractivity contribution in [1.29, 1.82) is 5.26 Å². The van der Waals surface area contributed by atoms with E-state index >= 15 is 0 Å². The highest BCUT2D eigenvalue weighted by Gasteiger charge is 2.11. The van der Waals surface area contributed by atoms with Gasteiger partial charge in [0, 0.05) is 37.4 Å². The van der Waals surface area contributed by atoms with Crippen LogP contribution >= 0.6 is 0 Å². The second kappa shape index (κ2) is 8.49. The van der Waals surface area contributed by atoms with Crippen molar-refractivity contribution in [3.05, 3.63) is 71.7 Å². The van der Waals surface area contributed by atoms with Gasteiger partial charge in [0.25, 0.3) is 5.91 Å². The van der Waals surface area contributed by atoms with Crippen molar-refractivity contribution in [2.24, 2.45) is 0 Å². The van der Waals surface area contributed by atoms with Gasteiger partial charge >= 0.3 is 0 Å². The Morgan fingerprint density at radius 3 is 2.83 bits per heavy atom. The molecule has 1 aromatic heterocycles. The van der Waals surface area contributed by atoms with Crippen molar-refractivity contribution in [3.63, 3.8) is 0 Å². The molecule has 24 heavy (non-hydrogen) atoms. The first-order valence-electron chi connectivity index (χ1n) is 7.76. The molecule has 0 atom stereocenters. The molecular formula is C19H20N4O. The van der Waals surface area contributed by atoms with Crippen LogP contribution in [0.3, 0.4) is 0 Å². The number of carbonyl (C=O) groups excluding carboxylic acids is 1. The molecule has 2 rings (SSSR count). The zero-order chi connectivity index (χ0) is 17.4. The second-order valence-electron chi connectivity index (χ2n) is 5.32. The molecule has 5 nitrogen and oxygen atoms in total. The molecule has 122 valence electrons. The van der Waals surface area contributed by atoms with Crippen molar-refractivity contribution >= 4 is 11.6 Å². The number of aromatic nitrogens is 1. The number of nitrogens with one attached hydrogen (secondary N) is 1. The van der Waals surface area contributed by atoms with Crippen LogP contribution in [0.25, 0.3) is 0 Å². The SMILES string of the molecule is CCN(/C=C(/C#N)C(=O)NCc1cccnc1)c1cccc(C)c1. The van der Waals surface area contributed by atoms with E-state index in [4.69, 9.17) is 0 Å². The largest absolute Gasteiger partial charge is 0.347 e. The number of nitriles is 1. The molecule has 0 aliphatic carbocycles. The summed E-state index contributed by atoms with van der Waals surface area (Å²) in [7, 11) is 0. The van der Waals surface area contributed by atoms with Crippen molar-refractivity contribution in [3.8, 4) is 6.07 Å². The van der Waals surface area contributed by atoms with Gasteiger partial charge in [0.2, 0.25) is 0 Å². The first kappa shape index (κ1) is 17.2. The van der Waals surface area contributed by atoms with Crippen LogP contribution in [-0.4, -0.2) is 17.4 Å². The number of hydrogen-bond donors (Lipinski definition) is 1. The number of rotatable bonds is 6. The normalized spacial score (nSPS) is 10.8. The van der Waals surface area contributed by atoms with Crippen LogP contribution in [0.15, 0.2) is 60.6 Å². The second-order valence-corrected chi connectivity index (χ2v) is 5.32. The number of amides is 1. The Hall–Kier alpha value is -3.13. The average Bonchev–Trinajstić information content (AvgIpc) is 2.61. The van der Waals surface area contributed by atoms with Gasteiger partial charge in [-0.15, -0.1) is 0 Å². The molecule has 0 saturated carbocycles. The third kappa shape index (κ3) is 4.68. The Balaban J connectivity index is 2.11. The summed E-state index contributed by atoms with van der Waals surface area (Å²) in [4.78, 5) is 18.1. The predicted molar refractivity (Wildman–Crippen MR) is 94.0 cm³/mol. The van der Waals surface area contributed by atoms with E-state index in [9.17, 15) is 10.1 Å². The lowest BCUT2D eigenvalue weighted by molar-refractivity contribution is -0.117. The van der Waals surface area contributed by atoms with E-state index in [1.165, 1.54) is 0 Å². The van der Waals surface area contributed by atoms with E-state index in [2.05, 4.69) is 10.3 Å². The van der Waals surface area contributed by atoms with Crippen LogP contribution in [0.4, 0.5) is 5.69 Å². The van der Waals surface area contributed by atoms with E-state index in [0.717, 1.165) is 16.8 Å². The number of pyridine rings is 1. The van der Waals surface area contributed by atoms with Crippen LogP contribution in [-0.2, 0) is 11.3 Å². The van der Waals surface area contributed by atoms with Crippen molar-refractivity contribution in [1.82, 2.24) is 10.3 Å². The summed E-state index contributed by atoms with van der Waals surface area (Å²) in [6.45, 7) is 4.97. The Morgan fingerprint density at radius 1 is 1.38 bits per heavy atom. The quantitative estimate of drug-likeness (QED) is 0.656. The number of anilines is 1. The first-order chi connectivity index (χ1) is 11.6. The topological polar surface area (TPSA) is 69.0 Å². The van der Waals surface area contributed by atoms with Crippen molar-refractivity contribution < 1.29 is 4.79 Å². The average molecular weight is 320 g/mol. The van der Waals surface area contributed by atoms with E-state index in [-0.39, 0.29) is 5.57 Å². The van der Waals surface area contributed by atoms with Crippen LogP contribution in [0.2, 0.25) is 0 Å². The fourth-order valence-electron chi connectivity index (χ4n) is 2.23. The fraction of sp³-hybridized carbons (Fsp3) is 0.211. The lowest BCUT2D eigenvalue weighted by Crippen LogP contribution is -2.26. The summed E-state index contributed by atoms with van der Waals surface area (Å²) >= 11 is 0. The molecule has 0 aliphatic heterocycles. The summed E-state index contributed by atoms with van der Waals surface area (Å²) < 4.78 is 0. The molecule has 0 radical (unpaired) electrons. The predicted octanol–water partition coefficient (Wildman–Crippen LogP) is 2.94. The molecule has 0 spiro atoms. The maximum atomic E-state index is 12.2. The molecule has 5 heteroatoms. The van der Waals surface area contributed by atoms with Crippen molar-refractivity contribution in [2.45, 2.75) is 20.4 Å². The third-order valence-electron chi connectivity index (χ3n) is 3.50. The maximum Gasteiger partial charge on any atom is 0.263 e. The molecule has 1 heterocycles. The van der Waals surface area contributed by atoms with Gasteiger partial charge in [0.15, 0.2) is 0 Å². The molecule has 0 fully saturated rings. The zero-order valence-corrected chi connectivity index (χ0v) is 13.9. The standard InChI is InChI=1S/C19H20N4O/c1-3-23(18-8-4-6-15(2)10-18)14-17(11-20)19(24)22-13-16-7-5-9-21-12-16/h4-10,12,14H,3,13H2,1-2H3,(H,22,24)/b17-14-. The molecule has 0 bridgehead atoms. The highest BCUT2D eigenvalue weighted by molar-refractivity contribution is 5.97. The van der Waals surface area contributed by atoms with E-state index in [0.29, 0.717) is 13.1 Å². The van der Waals surface area contributed by atoms with Gasteiger partial charge in [0.1, 0.15) is 11.6 Å². The van der Waals surface area contributed by atoms with Gasteiger partial charge in [-0.05, 0) is 43.2 Å². The lowest BCUT2D eigenvalue weighted by Gasteiger charge is -2.19. The Kier molecular flexibility index (Phi) is 6.09. The van der Waals surface area contributed by atoms with E-state index in [1.807, 2.05) is 55.1 Å². The van der Waals surface area contributed by atoms with Crippen LogP contribution in [0.5, 0.6) is 0 Å². The number of benzene rings is 1. The van der Waals surface area contributed by atoms with Gasteiger partial charge in [-0.3, -0.25) is 9.78 Å². The van der Waals surface area contributed by atoms with Gasteiger partial charge in [0.05, 0.1) is 0 Å². The molecule has 0 unspecified atom stereocenters. The zero-order valence-electron chi connectivity index (χ0n) is 13.9. The number of aryl methyl sites for hydroxylation is 1. The number of hydrogen-bond acceptors (Lipinski definition) is 4. The minimum Gasteiger partial charge on any atom is -0.347 e. The summed E-state index contributed by atoms with van der Waals surface area (Å²) in [5.74, 6) is -0.396.